The highest BCUT2D eigenvalue weighted by atomic mass is 32.2. The predicted molar refractivity (Wildman–Crippen MR) is 81.8 cm³/mol. The molecule has 5 heteroatoms. The van der Waals surface area contributed by atoms with Crippen LogP contribution in [0.1, 0.15) is 32.6 Å². The second-order valence-electron chi connectivity index (χ2n) is 4.74. The van der Waals surface area contributed by atoms with Crippen LogP contribution in [0.4, 0.5) is 0 Å². The number of sulfone groups is 1. The zero-order chi connectivity index (χ0) is 15.7. The van der Waals surface area contributed by atoms with Crippen LogP contribution in [-0.2, 0) is 19.4 Å². The van der Waals surface area contributed by atoms with Crippen LogP contribution in [0.5, 0.6) is 0 Å². The number of Topliss-reactive ketones (excluding diaryl/α,β-unsaturated/α-hetero) is 2. The van der Waals surface area contributed by atoms with Crippen molar-refractivity contribution in [1.82, 2.24) is 0 Å². The first-order valence-corrected chi connectivity index (χ1v) is 8.57. The zero-order valence-corrected chi connectivity index (χ0v) is 12.9. The Morgan fingerprint density at radius 1 is 1.05 bits per heavy atom. The van der Waals surface area contributed by atoms with Gasteiger partial charge in [-0.25, -0.2) is 8.42 Å². The zero-order valence-electron chi connectivity index (χ0n) is 12.1. The average molecular weight is 308 g/mol. The highest BCUT2D eigenvalue weighted by molar-refractivity contribution is 7.92. The molecule has 0 amide bonds. The molecule has 21 heavy (non-hydrogen) atoms. The van der Waals surface area contributed by atoms with E-state index in [1.165, 1.54) is 12.1 Å². The Balaban J connectivity index is 2.50. The van der Waals surface area contributed by atoms with Crippen LogP contribution < -0.4 is 0 Å². The Hall–Kier alpha value is -1.75. The molecular formula is C16H20O4S. The van der Waals surface area contributed by atoms with Crippen LogP contribution >= 0.6 is 0 Å². The molecule has 0 aliphatic heterocycles. The van der Waals surface area contributed by atoms with Gasteiger partial charge in [-0.3, -0.25) is 9.59 Å². The molecule has 0 aliphatic carbocycles. The minimum absolute atomic E-state index is 0.108. The van der Waals surface area contributed by atoms with E-state index in [0.717, 1.165) is 6.42 Å². The summed E-state index contributed by atoms with van der Waals surface area (Å²) in [6.07, 6.45) is 5.30. The molecule has 0 saturated carbocycles. The van der Waals surface area contributed by atoms with Gasteiger partial charge in [0.15, 0.2) is 15.6 Å². The Kier molecular flexibility index (Phi) is 7.02. The Morgan fingerprint density at radius 2 is 1.71 bits per heavy atom. The standard InChI is InChI=1S/C16H20O4S/c1-2-3-4-6-9-14(17)12-15(18)13-21(19,20)16-10-7-5-8-11-16/h3-5,7-8,10-11H,2,6,9,12-13H2,1H3/b4-3-. The lowest BCUT2D eigenvalue weighted by molar-refractivity contribution is -0.125. The van der Waals surface area contributed by atoms with Gasteiger partial charge in [-0.05, 0) is 25.0 Å². The van der Waals surface area contributed by atoms with Gasteiger partial charge in [0.05, 0.1) is 11.3 Å². The van der Waals surface area contributed by atoms with E-state index >= 15 is 0 Å². The number of ketones is 2. The van der Waals surface area contributed by atoms with Crippen molar-refractivity contribution >= 4 is 21.4 Å². The van der Waals surface area contributed by atoms with Gasteiger partial charge in [0, 0.05) is 6.42 Å². The molecule has 4 nitrogen and oxygen atoms in total. The summed E-state index contributed by atoms with van der Waals surface area (Å²) in [6.45, 7) is 2.00. The predicted octanol–water partition coefficient (Wildman–Crippen LogP) is 2.74. The topological polar surface area (TPSA) is 68.3 Å². The second-order valence-corrected chi connectivity index (χ2v) is 6.73. The van der Waals surface area contributed by atoms with Crippen molar-refractivity contribution in [1.29, 1.82) is 0 Å². The van der Waals surface area contributed by atoms with Gasteiger partial charge in [0.1, 0.15) is 11.5 Å². The fourth-order valence-corrected chi connectivity index (χ4v) is 3.08. The molecule has 0 aromatic heterocycles. The summed E-state index contributed by atoms with van der Waals surface area (Å²) < 4.78 is 24.0. The van der Waals surface area contributed by atoms with Gasteiger partial charge < -0.3 is 0 Å². The fourth-order valence-electron chi connectivity index (χ4n) is 1.81. The van der Waals surface area contributed by atoms with E-state index in [0.29, 0.717) is 6.42 Å². The van der Waals surface area contributed by atoms with Crippen LogP contribution in [-0.4, -0.2) is 25.7 Å². The molecule has 0 bridgehead atoms. The molecule has 114 valence electrons. The third-order valence-electron chi connectivity index (χ3n) is 2.84. The SMILES string of the molecule is CC/C=C\CCC(=O)CC(=O)CS(=O)(=O)c1ccccc1. The number of hydrogen-bond donors (Lipinski definition) is 0. The van der Waals surface area contributed by atoms with E-state index in [-0.39, 0.29) is 23.5 Å². The van der Waals surface area contributed by atoms with E-state index in [4.69, 9.17) is 0 Å². The summed E-state index contributed by atoms with van der Waals surface area (Å²) in [5.41, 5.74) is 0. The summed E-state index contributed by atoms with van der Waals surface area (Å²) >= 11 is 0. The lowest BCUT2D eigenvalue weighted by atomic mass is 10.1. The number of rotatable bonds is 9. The molecular weight excluding hydrogens is 288 g/mol. The highest BCUT2D eigenvalue weighted by Gasteiger charge is 2.20. The maximum Gasteiger partial charge on any atom is 0.185 e. The molecule has 1 aromatic carbocycles. The van der Waals surface area contributed by atoms with Gasteiger partial charge >= 0.3 is 0 Å². The molecule has 0 radical (unpaired) electrons. The van der Waals surface area contributed by atoms with Gasteiger partial charge in [0.2, 0.25) is 0 Å². The monoisotopic (exact) mass is 308 g/mol. The summed E-state index contributed by atoms with van der Waals surface area (Å²) in [5.74, 6) is -1.39. The minimum atomic E-state index is -3.65. The Labute approximate surface area is 125 Å². The van der Waals surface area contributed by atoms with Crippen LogP contribution in [0, 0.1) is 0 Å². The average Bonchev–Trinajstić information content (AvgIpc) is 2.44. The highest BCUT2D eigenvalue weighted by Crippen LogP contribution is 2.11. The smallest absolute Gasteiger partial charge is 0.185 e. The molecule has 0 spiro atoms. The van der Waals surface area contributed by atoms with Crippen molar-refractivity contribution in [2.75, 3.05) is 5.75 Å². The van der Waals surface area contributed by atoms with Crippen molar-refractivity contribution in [3.8, 4) is 0 Å². The van der Waals surface area contributed by atoms with Gasteiger partial charge in [-0.2, -0.15) is 0 Å². The first kappa shape index (κ1) is 17.3. The lowest BCUT2D eigenvalue weighted by Gasteiger charge is -2.03. The van der Waals surface area contributed by atoms with E-state index in [2.05, 4.69) is 0 Å². The van der Waals surface area contributed by atoms with Crippen molar-refractivity contribution < 1.29 is 18.0 Å². The van der Waals surface area contributed by atoms with Crippen LogP contribution in [0.2, 0.25) is 0 Å². The maximum absolute atomic E-state index is 12.0. The van der Waals surface area contributed by atoms with Crippen molar-refractivity contribution in [2.45, 2.75) is 37.5 Å². The number of allylic oxidation sites excluding steroid dienone is 2. The van der Waals surface area contributed by atoms with Crippen molar-refractivity contribution in [3.05, 3.63) is 42.5 Å². The van der Waals surface area contributed by atoms with E-state index in [9.17, 15) is 18.0 Å². The molecule has 0 N–H and O–H groups in total. The molecule has 0 aliphatic rings. The van der Waals surface area contributed by atoms with E-state index < -0.39 is 21.4 Å². The van der Waals surface area contributed by atoms with Crippen LogP contribution in [0.15, 0.2) is 47.4 Å². The first-order chi connectivity index (χ1) is 9.95. The van der Waals surface area contributed by atoms with Crippen molar-refractivity contribution in [3.63, 3.8) is 0 Å². The fraction of sp³-hybridized carbons (Fsp3) is 0.375. The summed E-state index contributed by atoms with van der Waals surface area (Å²) in [4.78, 5) is 23.4. The molecule has 0 heterocycles. The second kappa shape index (κ2) is 8.52. The largest absolute Gasteiger partial charge is 0.299 e. The summed E-state index contributed by atoms with van der Waals surface area (Å²) in [5, 5.41) is 0. The lowest BCUT2D eigenvalue weighted by Crippen LogP contribution is -2.19. The third-order valence-corrected chi connectivity index (χ3v) is 4.53. The summed E-state index contributed by atoms with van der Waals surface area (Å²) in [6, 6.07) is 7.79. The molecule has 0 atom stereocenters. The van der Waals surface area contributed by atoms with E-state index in [1.807, 2.05) is 19.1 Å². The van der Waals surface area contributed by atoms with Gasteiger partial charge in [-0.15, -0.1) is 0 Å². The molecule has 0 fully saturated rings. The number of carbonyl (C=O) groups excluding carboxylic acids is 2. The first-order valence-electron chi connectivity index (χ1n) is 6.92. The number of carbonyl (C=O) groups is 2. The molecule has 0 unspecified atom stereocenters. The van der Waals surface area contributed by atoms with Gasteiger partial charge in [-0.1, -0.05) is 37.3 Å². The number of benzene rings is 1. The molecule has 1 aromatic rings. The molecule has 1 rings (SSSR count). The quantitative estimate of drug-likeness (QED) is 0.519. The Morgan fingerprint density at radius 3 is 2.33 bits per heavy atom. The number of hydrogen-bond acceptors (Lipinski definition) is 4. The summed E-state index contributed by atoms with van der Waals surface area (Å²) in [7, 11) is -3.65. The third kappa shape index (κ3) is 6.49. The normalized spacial score (nSPS) is 11.7. The molecule has 0 saturated heterocycles. The maximum atomic E-state index is 12.0. The Bertz CT molecular complexity index is 600. The van der Waals surface area contributed by atoms with Crippen LogP contribution in [0.3, 0.4) is 0 Å². The van der Waals surface area contributed by atoms with E-state index in [1.54, 1.807) is 18.2 Å². The van der Waals surface area contributed by atoms with Crippen LogP contribution in [0.25, 0.3) is 0 Å². The minimum Gasteiger partial charge on any atom is -0.299 e. The van der Waals surface area contributed by atoms with Crippen molar-refractivity contribution in [2.24, 2.45) is 0 Å². The van der Waals surface area contributed by atoms with Gasteiger partial charge in [0.25, 0.3) is 0 Å².